The van der Waals surface area contributed by atoms with Crippen molar-refractivity contribution in [3.8, 4) is 0 Å². The summed E-state index contributed by atoms with van der Waals surface area (Å²) in [5, 5.41) is 7.96. The number of hydrogen-bond donors (Lipinski definition) is 1. The molecule has 7 nitrogen and oxygen atoms in total. The molecule has 0 saturated carbocycles. The summed E-state index contributed by atoms with van der Waals surface area (Å²) in [5.41, 5.74) is 6.88. The molecule has 0 aromatic carbocycles. The highest BCUT2D eigenvalue weighted by molar-refractivity contribution is 5.80. The first-order valence-corrected chi connectivity index (χ1v) is 5.01. The smallest absolute Gasteiger partial charge is 0.183 e. The van der Waals surface area contributed by atoms with Gasteiger partial charge in [0.15, 0.2) is 17.0 Å². The van der Waals surface area contributed by atoms with Crippen LogP contribution in [-0.4, -0.2) is 38.7 Å². The molecule has 0 amide bonds. The van der Waals surface area contributed by atoms with Gasteiger partial charge in [-0.3, -0.25) is 0 Å². The van der Waals surface area contributed by atoms with Gasteiger partial charge in [-0.25, -0.2) is 14.6 Å². The van der Waals surface area contributed by atoms with E-state index in [9.17, 15) is 0 Å². The maximum Gasteiger partial charge on any atom is 0.183 e. The Labute approximate surface area is 92.6 Å². The standard InChI is InChI=1S/C9H14N6O/c1-6(4-16-2)3-15-9-7(13-14-15)8(10)11-5-12-9/h5-6H,3-4H2,1-2H3,(H2,10,11,12). The SMILES string of the molecule is COCC(C)Cn1nnc2c(N)ncnc21. The van der Waals surface area contributed by atoms with Gasteiger partial charge in [0.2, 0.25) is 0 Å². The van der Waals surface area contributed by atoms with Crippen molar-refractivity contribution < 1.29 is 4.74 Å². The van der Waals surface area contributed by atoms with Crippen LogP contribution in [0.5, 0.6) is 0 Å². The van der Waals surface area contributed by atoms with Gasteiger partial charge in [0.05, 0.1) is 6.61 Å². The largest absolute Gasteiger partial charge is 0.384 e. The molecule has 0 aliphatic rings. The molecule has 0 spiro atoms. The molecule has 0 fully saturated rings. The van der Waals surface area contributed by atoms with E-state index in [-0.39, 0.29) is 0 Å². The first-order valence-electron chi connectivity index (χ1n) is 5.01. The van der Waals surface area contributed by atoms with E-state index in [1.165, 1.54) is 6.33 Å². The highest BCUT2D eigenvalue weighted by Crippen LogP contribution is 2.13. The quantitative estimate of drug-likeness (QED) is 0.788. The Morgan fingerprint density at radius 1 is 1.50 bits per heavy atom. The zero-order chi connectivity index (χ0) is 11.5. The van der Waals surface area contributed by atoms with Crippen molar-refractivity contribution in [3.05, 3.63) is 6.33 Å². The van der Waals surface area contributed by atoms with Crippen molar-refractivity contribution in [1.29, 1.82) is 0 Å². The summed E-state index contributed by atoms with van der Waals surface area (Å²) in [5.74, 6) is 0.696. The second-order valence-electron chi connectivity index (χ2n) is 3.76. The summed E-state index contributed by atoms with van der Waals surface area (Å²) in [6, 6.07) is 0. The van der Waals surface area contributed by atoms with E-state index in [4.69, 9.17) is 10.5 Å². The van der Waals surface area contributed by atoms with Gasteiger partial charge in [-0.2, -0.15) is 0 Å². The van der Waals surface area contributed by atoms with E-state index in [2.05, 4.69) is 27.2 Å². The number of nitrogens with zero attached hydrogens (tertiary/aromatic N) is 5. The van der Waals surface area contributed by atoms with Crippen LogP contribution in [0.25, 0.3) is 11.2 Å². The fourth-order valence-corrected chi connectivity index (χ4v) is 1.56. The maximum atomic E-state index is 5.67. The van der Waals surface area contributed by atoms with Gasteiger partial charge in [-0.05, 0) is 5.92 Å². The van der Waals surface area contributed by atoms with E-state index in [0.717, 1.165) is 0 Å². The number of nitrogens with two attached hydrogens (primary N) is 1. The van der Waals surface area contributed by atoms with Crippen LogP contribution in [0.3, 0.4) is 0 Å². The van der Waals surface area contributed by atoms with Gasteiger partial charge in [0.25, 0.3) is 0 Å². The predicted octanol–water partition coefficient (Wildman–Crippen LogP) is 0.0860. The number of rotatable bonds is 4. The molecule has 2 aromatic heterocycles. The lowest BCUT2D eigenvalue weighted by molar-refractivity contribution is 0.149. The summed E-state index contributed by atoms with van der Waals surface area (Å²) in [7, 11) is 1.68. The fourth-order valence-electron chi connectivity index (χ4n) is 1.56. The van der Waals surface area contributed by atoms with Gasteiger partial charge in [-0.1, -0.05) is 12.1 Å². The lowest BCUT2D eigenvalue weighted by atomic mass is 10.2. The normalized spacial score (nSPS) is 13.1. The zero-order valence-electron chi connectivity index (χ0n) is 9.29. The molecule has 0 saturated heterocycles. The van der Waals surface area contributed by atoms with Crippen molar-refractivity contribution in [2.45, 2.75) is 13.5 Å². The third-order valence-electron chi connectivity index (χ3n) is 2.26. The number of nitrogen functional groups attached to an aromatic ring is 1. The second-order valence-corrected chi connectivity index (χ2v) is 3.76. The Bertz CT molecular complexity index is 482. The van der Waals surface area contributed by atoms with Gasteiger partial charge in [0.1, 0.15) is 6.33 Å². The molecule has 0 radical (unpaired) electrons. The van der Waals surface area contributed by atoms with Crippen LogP contribution in [0.4, 0.5) is 5.82 Å². The lowest BCUT2D eigenvalue weighted by Gasteiger charge is -2.09. The maximum absolute atomic E-state index is 5.67. The highest BCUT2D eigenvalue weighted by atomic mass is 16.5. The minimum absolute atomic E-state index is 0.339. The Kier molecular flexibility index (Phi) is 2.95. The Balaban J connectivity index is 2.28. The molecule has 7 heteroatoms. The van der Waals surface area contributed by atoms with Crippen molar-refractivity contribution >= 4 is 17.0 Å². The lowest BCUT2D eigenvalue weighted by Crippen LogP contribution is -2.14. The molecule has 1 atom stereocenters. The number of methoxy groups -OCH3 is 1. The third-order valence-corrected chi connectivity index (χ3v) is 2.26. The van der Waals surface area contributed by atoms with E-state index in [1.807, 2.05) is 0 Å². The van der Waals surface area contributed by atoms with Crippen LogP contribution in [0.2, 0.25) is 0 Å². The van der Waals surface area contributed by atoms with E-state index in [1.54, 1.807) is 11.8 Å². The summed E-state index contributed by atoms with van der Waals surface area (Å²) < 4.78 is 6.79. The van der Waals surface area contributed by atoms with Crippen LogP contribution in [0, 0.1) is 5.92 Å². The molecule has 0 aliphatic carbocycles. The molecular weight excluding hydrogens is 208 g/mol. The minimum atomic E-state index is 0.339. The van der Waals surface area contributed by atoms with E-state index >= 15 is 0 Å². The Morgan fingerprint density at radius 3 is 3.06 bits per heavy atom. The van der Waals surface area contributed by atoms with Crippen molar-refractivity contribution in [2.24, 2.45) is 5.92 Å². The number of fused-ring (bicyclic) bond motifs is 1. The van der Waals surface area contributed by atoms with Crippen LogP contribution >= 0.6 is 0 Å². The van der Waals surface area contributed by atoms with Crippen molar-refractivity contribution in [3.63, 3.8) is 0 Å². The molecule has 2 aromatic rings. The molecular formula is C9H14N6O. The molecule has 1 unspecified atom stereocenters. The van der Waals surface area contributed by atoms with Crippen LogP contribution in [-0.2, 0) is 11.3 Å². The molecule has 2 N–H and O–H groups in total. The number of aromatic nitrogens is 5. The van der Waals surface area contributed by atoms with Crippen LogP contribution in [0.15, 0.2) is 6.33 Å². The molecule has 0 aliphatic heterocycles. The van der Waals surface area contributed by atoms with Gasteiger partial charge in [-0.15, -0.1) is 5.10 Å². The summed E-state index contributed by atoms with van der Waals surface area (Å²) in [4.78, 5) is 7.98. The Hall–Kier alpha value is -1.76. The molecule has 2 heterocycles. The highest BCUT2D eigenvalue weighted by Gasteiger charge is 2.11. The summed E-state index contributed by atoms with van der Waals surface area (Å²) in [6.07, 6.45) is 1.42. The van der Waals surface area contributed by atoms with Crippen molar-refractivity contribution in [1.82, 2.24) is 25.0 Å². The average Bonchev–Trinajstić information content (AvgIpc) is 2.64. The fraction of sp³-hybridized carbons (Fsp3) is 0.556. The first kappa shape index (κ1) is 10.7. The Morgan fingerprint density at radius 2 is 2.31 bits per heavy atom. The summed E-state index contributed by atoms with van der Waals surface area (Å²) in [6.45, 7) is 3.43. The molecule has 0 bridgehead atoms. The second kappa shape index (κ2) is 4.40. The number of anilines is 1. The monoisotopic (exact) mass is 222 g/mol. The zero-order valence-corrected chi connectivity index (χ0v) is 9.29. The molecule has 2 rings (SSSR count). The van der Waals surface area contributed by atoms with Crippen molar-refractivity contribution in [2.75, 3.05) is 19.5 Å². The topological polar surface area (TPSA) is 91.7 Å². The van der Waals surface area contributed by atoms with Crippen LogP contribution < -0.4 is 5.73 Å². The van der Waals surface area contributed by atoms with Crippen LogP contribution in [0.1, 0.15) is 6.92 Å². The molecule has 86 valence electrons. The number of ether oxygens (including phenoxy) is 1. The summed E-state index contributed by atoms with van der Waals surface area (Å²) >= 11 is 0. The predicted molar refractivity (Wildman–Crippen MR) is 58.6 cm³/mol. The van der Waals surface area contributed by atoms with Gasteiger partial charge < -0.3 is 10.5 Å². The van der Waals surface area contributed by atoms with E-state index in [0.29, 0.717) is 36.1 Å². The molecule has 16 heavy (non-hydrogen) atoms. The van der Waals surface area contributed by atoms with Gasteiger partial charge in [0, 0.05) is 13.7 Å². The third kappa shape index (κ3) is 1.94. The number of hydrogen-bond acceptors (Lipinski definition) is 6. The minimum Gasteiger partial charge on any atom is -0.384 e. The average molecular weight is 222 g/mol. The van der Waals surface area contributed by atoms with Gasteiger partial charge >= 0.3 is 0 Å². The van der Waals surface area contributed by atoms with E-state index < -0.39 is 0 Å². The first-order chi connectivity index (χ1) is 7.72.